The first-order valence-electron chi connectivity index (χ1n) is 8.47. The van der Waals surface area contributed by atoms with Crippen molar-refractivity contribution < 1.29 is 23.1 Å². The summed E-state index contributed by atoms with van der Waals surface area (Å²) in [6, 6.07) is 3.14. The van der Waals surface area contributed by atoms with Crippen LogP contribution in [0.25, 0.3) is 0 Å². The number of nitrogens with one attached hydrogen (secondary N) is 1. The maximum absolute atomic E-state index is 12.5. The van der Waals surface area contributed by atoms with Crippen LogP contribution in [0.1, 0.15) is 37.0 Å². The third-order valence-electron chi connectivity index (χ3n) is 4.78. The lowest BCUT2D eigenvalue weighted by molar-refractivity contribution is -0.141. The summed E-state index contributed by atoms with van der Waals surface area (Å²) in [6.45, 7) is 1.12. The predicted molar refractivity (Wildman–Crippen MR) is 92.9 cm³/mol. The van der Waals surface area contributed by atoms with E-state index >= 15 is 0 Å². The van der Waals surface area contributed by atoms with Gasteiger partial charge in [-0.15, -0.1) is 11.3 Å². The Hall–Kier alpha value is -1.45. The number of nitrogens with zero attached hydrogens (tertiary/aromatic N) is 1. The number of carboxylic acids is 1. The molecule has 1 aliphatic carbocycles. The molecule has 138 valence electrons. The highest BCUT2D eigenvalue weighted by Gasteiger charge is 2.31. The van der Waals surface area contributed by atoms with E-state index in [-0.39, 0.29) is 28.5 Å². The van der Waals surface area contributed by atoms with Crippen LogP contribution in [-0.4, -0.2) is 48.8 Å². The molecule has 1 saturated carbocycles. The maximum atomic E-state index is 12.5. The molecule has 0 unspecified atom stereocenters. The number of carboxylic acid groups (broad SMARTS) is 1. The van der Waals surface area contributed by atoms with E-state index in [1.807, 2.05) is 0 Å². The lowest BCUT2D eigenvalue weighted by Crippen LogP contribution is -2.34. The zero-order valence-electron chi connectivity index (χ0n) is 13.8. The average molecular weight is 386 g/mol. The van der Waals surface area contributed by atoms with Crippen molar-refractivity contribution in [2.24, 2.45) is 5.92 Å². The average Bonchev–Trinajstić information content (AvgIpc) is 3.28. The number of rotatable bonds is 6. The molecule has 0 radical (unpaired) electrons. The van der Waals surface area contributed by atoms with Crippen molar-refractivity contribution in [1.29, 1.82) is 0 Å². The molecule has 2 fully saturated rings. The Morgan fingerprint density at radius 1 is 1.24 bits per heavy atom. The number of thiophene rings is 1. The fraction of sp³-hybridized carbons (Fsp3) is 0.625. The minimum absolute atomic E-state index is 0.110. The Kier molecular flexibility index (Phi) is 5.45. The lowest BCUT2D eigenvalue weighted by atomic mass is 10.1. The molecular formula is C16H22N2O5S2. The third kappa shape index (κ3) is 4.21. The number of aliphatic carboxylic acids is 1. The van der Waals surface area contributed by atoms with Gasteiger partial charge in [-0.1, -0.05) is 0 Å². The van der Waals surface area contributed by atoms with Crippen LogP contribution in [0.2, 0.25) is 0 Å². The number of amides is 1. The summed E-state index contributed by atoms with van der Waals surface area (Å²) in [6.07, 6.45) is 3.60. The van der Waals surface area contributed by atoms with Gasteiger partial charge in [-0.25, -0.2) is 8.42 Å². The van der Waals surface area contributed by atoms with Gasteiger partial charge in [0.2, 0.25) is 5.91 Å². The molecule has 7 nitrogen and oxygen atoms in total. The minimum Gasteiger partial charge on any atom is -0.481 e. The number of carbonyl (C=O) groups is 2. The number of hydrogen-bond acceptors (Lipinski definition) is 5. The highest BCUT2D eigenvalue weighted by Crippen LogP contribution is 2.28. The largest absolute Gasteiger partial charge is 0.481 e. The zero-order chi connectivity index (χ0) is 18.0. The van der Waals surface area contributed by atoms with Gasteiger partial charge in [-0.2, -0.15) is 4.31 Å². The van der Waals surface area contributed by atoms with Gasteiger partial charge in [0.1, 0.15) is 4.21 Å². The van der Waals surface area contributed by atoms with Gasteiger partial charge < -0.3 is 10.4 Å². The van der Waals surface area contributed by atoms with E-state index in [2.05, 4.69) is 5.32 Å². The van der Waals surface area contributed by atoms with Crippen molar-refractivity contribution in [3.05, 3.63) is 17.0 Å². The van der Waals surface area contributed by atoms with E-state index in [4.69, 9.17) is 5.11 Å². The van der Waals surface area contributed by atoms with Crippen LogP contribution in [-0.2, 0) is 26.0 Å². The fourth-order valence-electron chi connectivity index (χ4n) is 3.42. The van der Waals surface area contributed by atoms with Gasteiger partial charge in [-0.3, -0.25) is 9.59 Å². The van der Waals surface area contributed by atoms with E-state index < -0.39 is 16.0 Å². The fourth-order valence-corrected chi connectivity index (χ4v) is 6.45. The molecule has 1 amide bonds. The highest BCUT2D eigenvalue weighted by atomic mass is 32.2. The molecule has 2 N–H and O–H groups in total. The summed E-state index contributed by atoms with van der Waals surface area (Å²) >= 11 is 1.13. The van der Waals surface area contributed by atoms with E-state index in [0.29, 0.717) is 37.2 Å². The van der Waals surface area contributed by atoms with Gasteiger partial charge in [0.25, 0.3) is 10.0 Å². The predicted octanol–water partition coefficient (Wildman–Crippen LogP) is 1.44. The van der Waals surface area contributed by atoms with Crippen molar-refractivity contribution in [3.63, 3.8) is 0 Å². The Morgan fingerprint density at radius 2 is 1.96 bits per heavy atom. The molecule has 0 aromatic carbocycles. The standard InChI is InChI=1S/C16H22N2O5S2/c19-14(17-12-4-3-11(9-12)16(20)21)10-13-5-6-15(24-13)25(22,23)18-7-1-2-8-18/h5-6,11-12H,1-4,7-10H2,(H,17,19)(H,20,21)/t11-,12+/m0/s1. The number of hydrogen-bond donors (Lipinski definition) is 2. The monoisotopic (exact) mass is 386 g/mol. The Morgan fingerprint density at radius 3 is 2.60 bits per heavy atom. The molecule has 1 aromatic rings. The zero-order valence-corrected chi connectivity index (χ0v) is 15.4. The van der Waals surface area contributed by atoms with Gasteiger partial charge >= 0.3 is 5.97 Å². The van der Waals surface area contributed by atoms with E-state index in [9.17, 15) is 18.0 Å². The summed E-state index contributed by atoms with van der Waals surface area (Å²) < 4.78 is 26.8. The molecule has 0 spiro atoms. The van der Waals surface area contributed by atoms with Crippen LogP contribution < -0.4 is 5.32 Å². The van der Waals surface area contributed by atoms with Crippen LogP contribution in [0.5, 0.6) is 0 Å². The molecule has 2 atom stereocenters. The lowest BCUT2D eigenvalue weighted by Gasteiger charge is -2.13. The first kappa shape index (κ1) is 18.3. The van der Waals surface area contributed by atoms with E-state index in [1.165, 1.54) is 4.31 Å². The SMILES string of the molecule is O=C(Cc1ccc(S(=O)(=O)N2CCCC2)s1)N[C@@H]1CC[C@H](C(=O)O)C1. The quantitative estimate of drug-likeness (QED) is 0.770. The summed E-state index contributed by atoms with van der Waals surface area (Å²) in [4.78, 5) is 23.8. The molecule has 0 bridgehead atoms. The van der Waals surface area contributed by atoms with Crippen LogP contribution in [0, 0.1) is 5.92 Å². The first-order valence-corrected chi connectivity index (χ1v) is 10.7. The second-order valence-electron chi connectivity index (χ2n) is 6.62. The van der Waals surface area contributed by atoms with Gasteiger partial charge in [0, 0.05) is 24.0 Å². The van der Waals surface area contributed by atoms with Crippen molar-refractivity contribution in [2.75, 3.05) is 13.1 Å². The number of sulfonamides is 1. The van der Waals surface area contributed by atoms with Crippen molar-refractivity contribution in [2.45, 2.75) is 48.8 Å². The third-order valence-corrected chi connectivity index (χ3v) is 8.23. The van der Waals surface area contributed by atoms with Crippen molar-refractivity contribution in [1.82, 2.24) is 9.62 Å². The molecule has 1 aliphatic heterocycles. The highest BCUT2D eigenvalue weighted by molar-refractivity contribution is 7.91. The topological polar surface area (TPSA) is 104 Å². The Balaban J connectivity index is 1.56. The van der Waals surface area contributed by atoms with Crippen LogP contribution in [0.4, 0.5) is 0 Å². The molecule has 1 saturated heterocycles. The molecule has 2 heterocycles. The number of carbonyl (C=O) groups excluding carboxylic acids is 1. The van der Waals surface area contributed by atoms with E-state index in [0.717, 1.165) is 24.2 Å². The maximum Gasteiger partial charge on any atom is 0.306 e. The molecule has 1 aromatic heterocycles. The van der Waals surface area contributed by atoms with Gasteiger partial charge in [0.15, 0.2) is 0 Å². The molecule has 9 heteroatoms. The summed E-state index contributed by atoms with van der Waals surface area (Å²) in [7, 11) is -3.44. The molecular weight excluding hydrogens is 364 g/mol. The summed E-state index contributed by atoms with van der Waals surface area (Å²) in [5.41, 5.74) is 0. The second-order valence-corrected chi connectivity index (χ2v) is 9.95. The Labute approximate surface area is 151 Å². The summed E-state index contributed by atoms with van der Waals surface area (Å²) in [5.74, 6) is -1.39. The summed E-state index contributed by atoms with van der Waals surface area (Å²) in [5, 5.41) is 11.9. The minimum atomic E-state index is -3.44. The van der Waals surface area contributed by atoms with Gasteiger partial charge in [-0.05, 0) is 44.2 Å². The molecule has 25 heavy (non-hydrogen) atoms. The Bertz CT molecular complexity index is 752. The van der Waals surface area contributed by atoms with Crippen LogP contribution in [0.3, 0.4) is 0 Å². The molecule has 3 rings (SSSR count). The van der Waals surface area contributed by atoms with Crippen molar-refractivity contribution >= 4 is 33.2 Å². The second kappa shape index (κ2) is 7.43. The normalized spacial score (nSPS) is 24.5. The van der Waals surface area contributed by atoms with Crippen LogP contribution >= 0.6 is 11.3 Å². The van der Waals surface area contributed by atoms with E-state index in [1.54, 1.807) is 12.1 Å². The molecule has 2 aliphatic rings. The van der Waals surface area contributed by atoms with Crippen molar-refractivity contribution in [3.8, 4) is 0 Å². The first-order chi connectivity index (χ1) is 11.9. The smallest absolute Gasteiger partial charge is 0.306 e. The van der Waals surface area contributed by atoms with Gasteiger partial charge in [0.05, 0.1) is 12.3 Å². The van der Waals surface area contributed by atoms with Crippen LogP contribution in [0.15, 0.2) is 16.3 Å².